The van der Waals surface area contributed by atoms with Crippen LogP contribution >= 0.6 is 0 Å². The van der Waals surface area contributed by atoms with Gasteiger partial charge in [-0.2, -0.15) is 0 Å². The quantitative estimate of drug-likeness (QED) is 0.624. The Morgan fingerprint density at radius 3 is 2.55 bits per heavy atom. The second-order valence-electron chi connectivity index (χ2n) is 2.35. The summed E-state index contributed by atoms with van der Waals surface area (Å²) >= 11 is 0. The largest absolute Gasteiger partial charge is 0.215 e. The van der Waals surface area contributed by atoms with Crippen LogP contribution in [0, 0.1) is 0 Å². The molecular formula is C7H13NO2S. The maximum absolute atomic E-state index is 10.9. The molecule has 0 aromatic rings. The van der Waals surface area contributed by atoms with Gasteiger partial charge in [-0.25, -0.2) is 13.1 Å². The molecule has 0 aromatic heterocycles. The van der Waals surface area contributed by atoms with E-state index in [0.717, 1.165) is 5.57 Å². The molecular weight excluding hydrogens is 162 g/mol. The Hall–Kier alpha value is -0.610. The minimum atomic E-state index is -3.16. The van der Waals surface area contributed by atoms with Gasteiger partial charge in [0.2, 0.25) is 10.0 Å². The summed E-state index contributed by atoms with van der Waals surface area (Å²) in [6.45, 7) is 8.96. The van der Waals surface area contributed by atoms with Gasteiger partial charge >= 0.3 is 0 Å². The van der Waals surface area contributed by atoms with E-state index >= 15 is 0 Å². The van der Waals surface area contributed by atoms with Crippen LogP contribution < -0.4 is 4.72 Å². The van der Waals surface area contributed by atoms with E-state index in [9.17, 15) is 8.42 Å². The SMILES string of the molecule is C=CCS(=O)(=O)NCC(=C)C. The van der Waals surface area contributed by atoms with Gasteiger partial charge in [-0.1, -0.05) is 18.2 Å². The van der Waals surface area contributed by atoms with Gasteiger partial charge in [0.25, 0.3) is 0 Å². The van der Waals surface area contributed by atoms with E-state index in [2.05, 4.69) is 17.9 Å². The first-order chi connectivity index (χ1) is 4.98. The van der Waals surface area contributed by atoms with Crippen molar-refractivity contribution in [3.8, 4) is 0 Å². The molecule has 0 radical (unpaired) electrons. The van der Waals surface area contributed by atoms with Gasteiger partial charge in [0.05, 0.1) is 5.75 Å². The van der Waals surface area contributed by atoms with Crippen LogP contribution in [0.2, 0.25) is 0 Å². The summed E-state index contributed by atoms with van der Waals surface area (Å²) in [5.74, 6) is -0.0414. The third-order valence-electron chi connectivity index (χ3n) is 0.931. The minimum absolute atomic E-state index is 0.0414. The van der Waals surface area contributed by atoms with Crippen molar-refractivity contribution >= 4 is 10.0 Å². The highest BCUT2D eigenvalue weighted by Crippen LogP contribution is 1.88. The first-order valence-corrected chi connectivity index (χ1v) is 4.86. The predicted octanol–water partition coefficient (Wildman–Crippen LogP) is 0.668. The van der Waals surface area contributed by atoms with Crippen molar-refractivity contribution in [2.24, 2.45) is 0 Å². The second kappa shape index (κ2) is 4.31. The molecule has 64 valence electrons. The van der Waals surface area contributed by atoms with Gasteiger partial charge in [0.15, 0.2) is 0 Å². The molecule has 3 nitrogen and oxygen atoms in total. The topological polar surface area (TPSA) is 46.2 Å². The first-order valence-electron chi connectivity index (χ1n) is 3.20. The zero-order chi connectivity index (χ0) is 8.91. The van der Waals surface area contributed by atoms with Crippen molar-refractivity contribution in [2.45, 2.75) is 6.92 Å². The lowest BCUT2D eigenvalue weighted by Gasteiger charge is -2.02. The van der Waals surface area contributed by atoms with E-state index < -0.39 is 10.0 Å². The lowest BCUT2D eigenvalue weighted by Crippen LogP contribution is -2.26. The molecule has 0 bridgehead atoms. The zero-order valence-corrected chi connectivity index (χ0v) is 7.45. The molecule has 0 aromatic carbocycles. The Balaban J connectivity index is 3.93. The maximum Gasteiger partial charge on any atom is 0.215 e. The Morgan fingerprint density at radius 2 is 2.18 bits per heavy atom. The highest BCUT2D eigenvalue weighted by atomic mass is 32.2. The van der Waals surface area contributed by atoms with Crippen LogP contribution in [0.25, 0.3) is 0 Å². The molecule has 0 amide bonds. The smallest absolute Gasteiger partial charge is 0.212 e. The molecule has 4 heteroatoms. The average Bonchev–Trinajstić information content (AvgIpc) is 1.84. The van der Waals surface area contributed by atoms with E-state index in [1.54, 1.807) is 6.92 Å². The summed E-state index contributed by atoms with van der Waals surface area (Å²) in [5, 5.41) is 0. The molecule has 0 rings (SSSR count). The molecule has 0 fully saturated rings. The van der Waals surface area contributed by atoms with E-state index in [-0.39, 0.29) is 5.75 Å². The Bertz CT molecular complexity index is 241. The van der Waals surface area contributed by atoms with Crippen LogP contribution in [0.3, 0.4) is 0 Å². The average molecular weight is 175 g/mol. The van der Waals surface area contributed by atoms with Crippen LogP contribution in [0.5, 0.6) is 0 Å². The van der Waals surface area contributed by atoms with Crippen LogP contribution in [0.15, 0.2) is 24.8 Å². The molecule has 1 N–H and O–H groups in total. The third-order valence-corrected chi connectivity index (χ3v) is 2.19. The molecule has 0 aliphatic rings. The summed E-state index contributed by atoms with van der Waals surface area (Å²) in [5.41, 5.74) is 0.789. The number of rotatable bonds is 5. The van der Waals surface area contributed by atoms with Gasteiger partial charge in [0, 0.05) is 6.54 Å². The van der Waals surface area contributed by atoms with E-state index in [0.29, 0.717) is 6.54 Å². The van der Waals surface area contributed by atoms with Gasteiger partial charge in [-0.3, -0.25) is 0 Å². The molecule has 0 atom stereocenters. The fourth-order valence-corrected chi connectivity index (χ4v) is 1.34. The van der Waals surface area contributed by atoms with Gasteiger partial charge in [-0.15, -0.1) is 6.58 Å². The molecule has 0 saturated carbocycles. The molecule has 0 unspecified atom stereocenters. The highest BCUT2D eigenvalue weighted by molar-refractivity contribution is 7.89. The predicted molar refractivity (Wildman–Crippen MR) is 46.8 cm³/mol. The molecule has 11 heavy (non-hydrogen) atoms. The van der Waals surface area contributed by atoms with E-state index in [4.69, 9.17) is 0 Å². The zero-order valence-electron chi connectivity index (χ0n) is 6.63. The fraction of sp³-hybridized carbons (Fsp3) is 0.429. The standard InChI is InChI=1S/C7H13NO2S/c1-4-5-11(9,10)8-6-7(2)3/h4,8H,1-2,5-6H2,3H3. The first kappa shape index (κ1) is 10.4. The van der Waals surface area contributed by atoms with Crippen LogP contribution in [-0.2, 0) is 10.0 Å². The number of nitrogens with one attached hydrogen (secondary N) is 1. The summed E-state index contributed by atoms with van der Waals surface area (Å²) in [6.07, 6.45) is 1.35. The van der Waals surface area contributed by atoms with Crippen molar-refractivity contribution in [1.82, 2.24) is 4.72 Å². The Labute approximate surface area is 67.9 Å². The van der Waals surface area contributed by atoms with Crippen molar-refractivity contribution < 1.29 is 8.42 Å². The normalized spacial score (nSPS) is 11.0. The van der Waals surface area contributed by atoms with Crippen LogP contribution in [0.1, 0.15) is 6.92 Å². The highest BCUT2D eigenvalue weighted by Gasteiger charge is 2.04. The van der Waals surface area contributed by atoms with Crippen molar-refractivity contribution in [3.63, 3.8) is 0 Å². The molecule has 0 saturated heterocycles. The summed E-state index contributed by atoms with van der Waals surface area (Å²) in [6, 6.07) is 0. The fourth-order valence-electron chi connectivity index (χ4n) is 0.447. The summed E-state index contributed by atoms with van der Waals surface area (Å²) < 4.78 is 24.2. The summed E-state index contributed by atoms with van der Waals surface area (Å²) in [4.78, 5) is 0. The van der Waals surface area contributed by atoms with Crippen LogP contribution in [-0.4, -0.2) is 20.7 Å². The van der Waals surface area contributed by atoms with Crippen molar-refractivity contribution in [3.05, 3.63) is 24.8 Å². The Morgan fingerprint density at radius 1 is 1.64 bits per heavy atom. The van der Waals surface area contributed by atoms with Gasteiger partial charge in [0.1, 0.15) is 0 Å². The van der Waals surface area contributed by atoms with Gasteiger partial charge in [-0.05, 0) is 6.92 Å². The third kappa shape index (κ3) is 5.82. The molecule has 0 aliphatic carbocycles. The molecule has 0 heterocycles. The van der Waals surface area contributed by atoms with Crippen molar-refractivity contribution in [2.75, 3.05) is 12.3 Å². The number of sulfonamides is 1. The number of hydrogen-bond donors (Lipinski definition) is 1. The number of hydrogen-bond acceptors (Lipinski definition) is 2. The Kier molecular flexibility index (Phi) is 4.07. The monoisotopic (exact) mass is 175 g/mol. The minimum Gasteiger partial charge on any atom is -0.212 e. The lowest BCUT2D eigenvalue weighted by molar-refractivity contribution is 0.588. The van der Waals surface area contributed by atoms with Crippen LogP contribution in [0.4, 0.5) is 0 Å². The second-order valence-corrected chi connectivity index (χ2v) is 4.20. The van der Waals surface area contributed by atoms with E-state index in [1.165, 1.54) is 6.08 Å². The van der Waals surface area contributed by atoms with E-state index in [1.807, 2.05) is 0 Å². The van der Waals surface area contributed by atoms with Gasteiger partial charge < -0.3 is 0 Å². The maximum atomic E-state index is 10.9. The summed E-state index contributed by atoms with van der Waals surface area (Å²) in [7, 11) is -3.16. The van der Waals surface area contributed by atoms with Crippen molar-refractivity contribution in [1.29, 1.82) is 0 Å². The lowest BCUT2D eigenvalue weighted by atomic mass is 10.4. The molecule has 0 spiro atoms. The molecule has 0 aliphatic heterocycles.